The molecule has 1 atom stereocenters. The van der Waals surface area contributed by atoms with Crippen LogP contribution in [0.25, 0.3) is 0 Å². The van der Waals surface area contributed by atoms with Crippen molar-refractivity contribution in [1.29, 1.82) is 0 Å². The zero-order valence-corrected chi connectivity index (χ0v) is 11.0. The maximum atomic E-state index is 11.9. The molecule has 98 valence electrons. The van der Waals surface area contributed by atoms with Crippen molar-refractivity contribution in [2.24, 2.45) is 5.92 Å². The number of ether oxygens (including phenoxy) is 1. The smallest absolute Gasteiger partial charge is 0.224 e. The Bertz CT molecular complexity index is 426. The van der Waals surface area contributed by atoms with E-state index in [1.807, 2.05) is 25.1 Å². The minimum atomic E-state index is 0.123. The molecule has 0 radical (unpaired) electrons. The number of hydrogen-bond donors (Lipinski definition) is 2. The highest BCUT2D eigenvalue weighted by Crippen LogP contribution is 2.19. The van der Waals surface area contributed by atoms with Gasteiger partial charge < -0.3 is 15.4 Å². The van der Waals surface area contributed by atoms with Crippen molar-refractivity contribution in [3.63, 3.8) is 0 Å². The minimum absolute atomic E-state index is 0.123. The van der Waals surface area contributed by atoms with Gasteiger partial charge >= 0.3 is 0 Å². The van der Waals surface area contributed by atoms with Gasteiger partial charge in [0, 0.05) is 13.1 Å². The van der Waals surface area contributed by atoms with E-state index in [-0.39, 0.29) is 11.8 Å². The molecule has 1 aliphatic heterocycles. The van der Waals surface area contributed by atoms with E-state index in [4.69, 9.17) is 4.74 Å². The molecule has 0 saturated carbocycles. The van der Waals surface area contributed by atoms with E-state index < -0.39 is 0 Å². The molecule has 0 bridgehead atoms. The fraction of sp³-hybridized carbons (Fsp3) is 0.500. The van der Waals surface area contributed by atoms with Crippen LogP contribution in [-0.4, -0.2) is 26.1 Å². The number of nitrogens with one attached hydrogen (secondary N) is 2. The number of carbonyl (C=O) groups excluding carboxylic acids is 1. The highest BCUT2D eigenvalue weighted by molar-refractivity contribution is 5.79. The first-order chi connectivity index (χ1) is 8.70. The van der Waals surface area contributed by atoms with Gasteiger partial charge in [0.2, 0.25) is 5.91 Å². The van der Waals surface area contributed by atoms with Crippen molar-refractivity contribution in [3.05, 3.63) is 29.3 Å². The van der Waals surface area contributed by atoms with Crippen molar-refractivity contribution in [1.82, 2.24) is 10.6 Å². The molecule has 1 unspecified atom stereocenters. The van der Waals surface area contributed by atoms with Gasteiger partial charge in [-0.15, -0.1) is 0 Å². The average molecular weight is 248 g/mol. The number of carbonyl (C=O) groups is 1. The highest BCUT2D eigenvalue weighted by atomic mass is 16.5. The number of amides is 1. The summed E-state index contributed by atoms with van der Waals surface area (Å²) < 4.78 is 5.27. The Hall–Kier alpha value is -1.55. The Morgan fingerprint density at radius 3 is 3.06 bits per heavy atom. The lowest BCUT2D eigenvalue weighted by Gasteiger charge is -2.11. The predicted molar refractivity (Wildman–Crippen MR) is 70.6 cm³/mol. The molecule has 1 fully saturated rings. The first kappa shape index (κ1) is 12.9. The number of methoxy groups -OCH3 is 1. The van der Waals surface area contributed by atoms with Crippen molar-refractivity contribution in [2.75, 3.05) is 20.2 Å². The van der Waals surface area contributed by atoms with Crippen LogP contribution >= 0.6 is 0 Å². The molecule has 1 aliphatic rings. The van der Waals surface area contributed by atoms with Gasteiger partial charge in [0.1, 0.15) is 5.75 Å². The maximum Gasteiger partial charge on any atom is 0.224 e. The maximum absolute atomic E-state index is 11.9. The molecular weight excluding hydrogens is 228 g/mol. The topological polar surface area (TPSA) is 50.4 Å². The first-order valence-corrected chi connectivity index (χ1v) is 6.32. The summed E-state index contributed by atoms with van der Waals surface area (Å²) in [4.78, 5) is 11.9. The molecule has 1 saturated heterocycles. The summed E-state index contributed by atoms with van der Waals surface area (Å²) >= 11 is 0. The fourth-order valence-corrected chi connectivity index (χ4v) is 2.19. The van der Waals surface area contributed by atoms with Gasteiger partial charge in [0.25, 0.3) is 0 Å². The van der Waals surface area contributed by atoms with Crippen LogP contribution in [0.2, 0.25) is 0 Å². The van der Waals surface area contributed by atoms with Crippen LogP contribution < -0.4 is 15.4 Å². The van der Waals surface area contributed by atoms with E-state index in [0.29, 0.717) is 6.54 Å². The lowest BCUT2D eigenvalue weighted by Crippen LogP contribution is -2.31. The summed E-state index contributed by atoms with van der Waals surface area (Å²) in [6, 6.07) is 6.00. The lowest BCUT2D eigenvalue weighted by molar-refractivity contribution is -0.124. The predicted octanol–water partition coefficient (Wildman–Crippen LogP) is 1.23. The quantitative estimate of drug-likeness (QED) is 0.842. The molecule has 0 spiro atoms. The van der Waals surface area contributed by atoms with Crippen molar-refractivity contribution < 1.29 is 9.53 Å². The Kier molecular flexibility index (Phi) is 4.20. The van der Waals surface area contributed by atoms with E-state index in [1.54, 1.807) is 7.11 Å². The summed E-state index contributed by atoms with van der Waals surface area (Å²) in [5.74, 6) is 1.13. The second kappa shape index (κ2) is 5.87. The molecule has 4 heteroatoms. The van der Waals surface area contributed by atoms with Crippen molar-refractivity contribution in [2.45, 2.75) is 19.9 Å². The number of hydrogen-bond acceptors (Lipinski definition) is 3. The van der Waals surface area contributed by atoms with Gasteiger partial charge in [-0.25, -0.2) is 0 Å². The van der Waals surface area contributed by atoms with Crippen LogP contribution in [-0.2, 0) is 11.3 Å². The normalized spacial score (nSPS) is 18.7. The Morgan fingerprint density at radius 2 is 2.39 bits per heavy atom. The summed E-state index contributed by atoms with van der Waals surface area (Å²) in [7, 11) is 1.66. The van der Waals surface area contributed by atoms with Crippen LogP contribution in [0.5, 0.6) is 5.75 Å². The summed E-state index contributed by atoms with van der Waals surface area (Å²) in [6.45, 7) is 4.30. The van der Waals surface area contributed by atoms with Crippen LogP contribution in [0.1, 0.15) is 17.5 Å². The van der Waals surface area contributed by atoms with Gasteiger partial charge in [0.15, 0.2) is 0 Å². The van der Waals surface area contributed by atoms with Crippen LogP contribution in [0.15, 0.2) is 18.2 Å². The molecule has 1 aromatic carbocycles. The van der Waals surface area contributed by atoms with Gasteiger partial charge in [-0.2, -0.15) is 0 Å². The molecule has 2 N–H and O–H groups in total. The molecule has 1 amide bonds. The zero-order chi connectivity index (χ0) is 13.0. The van der Waals surface area contributed by atoms with Gasteiger partial charge in [-0.3, -0.25) is 4.79 Å². The summed E-state index contributed by atoms with van der Waals surface area (Å²) in [5, 5.41) is 6.17. The standard InChI is InChI=1S/C14H20N2O2/c1-10-3-4-11(7-13(10)18-2)8-16-14(17)12-5-6-15-9-12/h3-4,7,12,15H,5-6,8-9H2,1-2H3,(H,16,17). The largest absolute Gasteiger partial charge is 0.496 e. The van der Waals surface area contributed by atoms with E-state index >= 15 is 0 Å². The molecule has 1 aromatic rings. The molecule has 4 nitrogen and oxygen atoms in total. The molecule has 2 rings (SSSR count). The Labute approximate surface area is 108 Å². The molecular formula is C14H20N2O2. The Morgan fingerprint density at radius 1 is 1.56 bits per heavy atom. The van der Waals surface area contributed by atoms with E-state index in [2.05, 4.69) is 10.6 Å². The first-order valence-electron chi connectivity index (χ1n) is 6.32. The average Bonchev–Trinajstić information content (AvgIpc) is 2.91. The molecule has 18 heavy (non-hydrogen) atoms. The molecule has 0 aliphatic carbocycles. The van der Waals surface area contributed by atoms with Crippen molar-refractivity contribution >= 4 is 5.91 Å². The molecule has 1 heterocycles. The highest BCUT2D eigenvalue weighted by Gasteiger charge is 2.21. The summed E-state index contributed by atoms with van der Waals surface area (Å²) in [5.41, 5.74) is 2.17. The second-order valence-electron chi connectivity index (χ2n) is 4.71. The summed E-state index contributed by atoms with van der Waals surface area (Å²) in [6.07, 6.45) is 0.934. The number of aryl methyl sites for hydroxylation is 1. The SMILES string of the molecule is COc1cc(CNC(=O)C2CCNC2)ccc1C. The minimum Gasteiger partial charge on any atom is -0.496 e. The van der Waals surface area contributed by atoms with E-state index in [1.165, 1.54) is 0 Å². The third-order valence-electron chi connectivity index (χ3n) is 3.37. The van der Waals surface area contributed by atoms with Crippen LogP contribution in [0.3, 0.4) is 0 Å². The zero-order valence-electron chi connectivity index (χ0n) is 11.0. The van der Waals surface area contributed by atoms with E-state index in [0.717, 1.165) is 36.4 Å². The third kappa shape index (κ3) is 3.01. The monoisotopic (exact) mass is 248 g/mol. The van der Waals surface area contributed by atoms with Gasteiger partial charge in [0.05, 0.1) is 13.0 Å². The van der Waals surface area contributed by atoms with Crippen LogP contribution in [0.4, 0.5) is 0 Å². The fourth-order valence-electron chi connectivity index (χ4n) is 2.19. The van der Waals surface area contributed by atoms with E-state index in [9.17, 15) is 4.79 Å². The number of rotatable bonds is 4. The second-order valence-corrected chi connectivity index (χ2v) is 4.71. The van der Waals surface area contributed by atoms with Crippen LogP contribution in [0, 0.1) is 12.8 Å². The Balaban J connectivity index is 1.91. The van der Waals surface area contributed by atoms with Gasteiger partial charge in [-0.1, -0.05) is 12.1 Å². The van der Waals surface area contributed by atoms with Gasteiger partial charge in [-0.05, 0) is 37.1 Å². The number of benzene rings is 1. The third-order valence-corrected chi connectivity index (χ3v) is 3.37. The molecule has 0 aromatic heterocycles. The lowest BCUT2D eigenvalue weighted by atomic mass is 10.1. The van der Waals surface area contributed by atoms with Crippen molar-refractivity contribution in [3.8, 4) is 5.75 Å².